The third-order valence-corrected chi connectivity index (χ3v) is 12.7. The number of aliphatic carboxylic acids is 1. The van der Waals surface area contributed by atoms with E-state index in [0.29, 0.717) is 35.8 Å². The Morgan fingerprint density at radius 3 is 2.29 bits per heavy atom. The fourth-order valence-electron chi connectivity index (χ4n) is 9.95. The number of phenolic OH excluding ortho intramolecular Hbond substituents is 1. The molecule has 0 unspecified atom stereocenters. The summed E-state index contributed by atoms with van der Waals surface area (Å²) in [6, 6.07) is 25.6. The van der Waals surface area contributed by atoms with E-state index in [1.54, 1.807) is 0 Å². The summed E-state index contributed by atoms with van der Waals surface area (Å²) in [6.07, 6.45) is 29.5. The smallest absolute Gasteiger partial charge is 0.307 e. The van der Waals surface area contributed by atoms with E-state index in [-0.39, 0.29) is 0 Å². The van der Waals surface area contributed by atoms with Crippen molar-refractivity contribution in [3.05, 3.63) is 124 Å². The number of carbonyl (C=O) groups is 1. The highest BCUT2D eigenvalue weighted by Crippen LogP contribution is 2.52. The highest BCUT2D eigenvalue weighted by molar-refractivity contribution is 5.73. The average Bonchev–Trinajstić information content (AvgIpc) is 3.64. The second-order valence-electron chi connectivity index (χ2n) is 15.6. The normalized spacial score (nSPS) is 29.1. The van der Waals surface area contributed by atoms with E-state index in [4.69, 9.17) is 0 Å². The predicted molar refractivity (Wildman–Crippen MR) is 201 cm³/mol. The minimum Gasteiger partial charge on any atom is -0.508 e. The molecule has 3 aromatic rings. The number of hydrogen-bond donors (Lipinski definition) is 2. The summed E-state index contributed by atoms with van der Waals surface area (Å²) in [7, 11) is 0. The monoisotopic (exact) mass is 654 g/mol. The lowest BCUT2D eigenvalue weighted by atomic mass is 9.55. The lowest BCUT2D eigenvalue weighted by Gasteiger charge is -2.48. The van der Waals surface area contributed by atoms with Crippen molar-refractivity contribution in [1.82, 2.24) is 0 Å². The van der Waals surface area contributed by atoms with Crippen LogP contribution in [-0.2, 0) is 16.6 Å². The Morgan fingerprint density at radius 2 is 1.53 bits per heavy atom. The van der Waals surface area contributed by atoms with Gasteiger partial charge in [-0.25, -0.2) is 0 Å². The van der Waals surface area contributed by atoms with Crippen LogP contribution in [0.15, 0.2) is 97.1 Å². The highest BCUT2D eigenvalue weighted by Gasteiger charge is 2.49. The SMILES string of the molecule is O=C(O)[C@@H]1CC=CC[C@H](CCCCCC[C@H]2C=CCC2)[C@H](c2ccc(O)cc2)Cc2cccc(c2)[C@]12CC[C@@H]1C=c3ccccc3=C[C@H]1C2. The lowest BCUT2D eigenvalue weighted by molar-refractivity contribution is -0.145. The van der Waals surface area contributed by atoms with Crippen LogP contribution in [0.5, 0.6) is 5.75 Å². The van der Waals surface area contributed by atoms with Crippen molar-refractivity contribution in [2.45, 2.75) is 101 Å². The average molecular weight is 655 g/mol. The molecule has 0 aromatic heterocycles. The number of benzene rings is 3. The summed E-state index contributed by atoms with van der Waals surface area (Å²) in [6.45, 7) is 0. The second-order valence-corrected chi connectivity index (χ2v) is 15.6. The molecule has 7 rings (SSSR count). The molecule has 1 fully saturated rings. The van der Waals surface area contributed by atoms with Crippen LogP contribution in [0.3, 0.4) is 0 Å². The van der Waals surface area contributed by atoms with Crippen LogP contribution in [0.4, 0.5) is 0 Å². The molecule has 2 bridgehead atoms. The van der Waals surface area contributed by atoms with Crippen molar-refractivity contribution in [3.63, 3.8) is 0 Å². The van der Waals surface area contributed by atoms with Gasteiger partial charge < -0.3 is 10.2 Å². The fraction of sp³-hybridized carbons (Fsp3) is 0.457. The Labute approximate surface area is 293 Å². The van der Waals surface area contributed by atoms with E-state index >= 15 is 0 Å². The molecule has 0 radical (unpaired) electrons. The van der Waals surface area contributed by atoms with Crippen LogP contribution < -0.4 is 10.4 Å². The van der Waals surface area contributed by atoms with Crippen LogP contribution in [0, 0.1) is 29.6 Å². The summed E-state index contributed by atoms with van der Waals surface area (Å²) in [5.41, 5.74) is 3.36. The Kier molecular flexibility index (Phi) is 10.5. The number of carboxylic acids is 1. The van der Waals surface area contributed by atoms with Crippen LogP contribution in [0.2, 0.25) is 0 Å². The molecule has 256 valence electrons. The van der Waals surface area contributed by atoms with Crippen LogP contribution in [0.25, 0.3) is 12.2 Å². The van der Waals surface area contributed by atoms with Gasteiger partial charge in [-0.3, -0.25) is 4.79 Å². The van der Waals surface area contributed by atoms with Crippen molar-refractivity contribution < 1.29 is 15.0 Å². The Balaban J connectivity index is 1.17. The van der Waals surface area contributed by atoms with E-state index in [9.17, 15) is 15.0 Å². The van der Waals surface area contributed by atoms with Gasteiger partial charge in [0.1, 0.15) is 5.75 Å². The third kappa shape index (κ3) is 7.67. The molecule has 1 spiro atoms. The van der Waals surface area contributed by atoms with E-state index in [1.807, 2.05) is 12.1 Å². The van der Waals surface area contributed by atoms with E-state index in [2.05, 4.69) is 97.1 Å². The molecular weight excluding hydrogens is 601 g/mol. The number of aromatic hydroxyl groups is 1. The van der Waals surface area contributed by atoms with Gasteiger partial charge in [0.05, 0.1) is 5.92 Å². The molecule has 7 atom stereocenters. The molecule has 0 saturated heterocycles. The third-order valence-electron chi connectivity index (χ3n) is 12.7. The maximum Gasteiger partial charge on any atom is 0.307 e. The van der Waals surface area contributed by atoms with Crippen LogP contribution in [0.1, 0.15) is 106 Å². The number of unbranched alkanes of at least 4 members (excludes halogenated alkanes) is 3. The first-order chi connectivity index (χ1) is 24.0. The van der Waals surface area contributed by atoms with Gasteiger partial charge in [0.25, 0.3) is 0 Å². The maximum absolute atomic E-state index is 13.3. The number of fused-ring (bicyclic) bond motifs is 5. The minimum atomic E-state index is -0.669. The second kappa shape index (κ2) is 15.4. The molecule has 3 aromatic carbocycles. The lowest BCUT2D eigenvalue weighted by Crippen LogP contribution is -2.47. The first kappa shape index (κ1) is 33.6. The first-order valence-electron chi connectivity index (χ1n) is 19.2. The predicted octanol–water partition coefficient (Wildman–Crippen LogP) is 9.62. The number of phenols is 1. The van der Waals surface area contributed by atoms with Gasteiger partial charge in [-0.15, -0.1) is 0 Å². The van der Waals surface area contributed by atoms with Gasteiger partial charge >= 0.3 is 5.97 Å². The summed E-state index contributed by atoms with van der Waals surface area (Å²) < 4.78 is 0. The summed E-state index contributed by atoms with van der Waals surface area (Å²) >= 11 is 0. The molecular formula is C46H54O3. The Morgan fingerprint density at radius 1 is 0.776 bits per heavy atom. The molecule has 3 heteroatoms. The zero-order valence-corrected chi connectivity index (χ0v) is 29.1. The number of carboxylic acid groups (broad SMARTS) is 1. The topological polar surface area (TPSA) is 57.5 Å². The largest absolute Gasteiger partial charge is 0.508 e. The molecule has 3 nitrogen and oxygen atoms in total. The Bertz CT molecular complexity index is 1770. The summed E-state index contributed by atoms with van der Waals surface area (Å²) in [5.74, 6) is 1.52. The highest BCUT2D eigenvalue weighted by atomic mass is 16.4. The number of hydrogen-bond acceptors (Lipinski definition) is 2. The van der Waals surface area contributed by atoms with Gasteiger partial charge in [-0.1, -0.05) is 123 Å². The molecule has 2 N–H and O–H groups in total. The van der Waals surface area contributed by atoms with E-state index in [1.165, 1.54) is 72.1 Å². The van der Waals surface area contributed by atoms with Gasteiger partial charge in [-0.2, -0.15) is 0 Å². The summed E-state index contributed by atoms with van der Waals surface area (Å²) in [4.78, 5) is 13.3. The van der Waals surface area contributed by atoms with Crippen molar-refractivity contribution in [2.75, 3.05) is 0 Å². The molecule has 1 saturated carbocycles. The molecule has 0 amide bonds. The van der Waals surface area contributed by atoms with Gasteiger partial charge in [0, 0.05) is 5.41 Å². The zero-order valence-electron chi connectivity index (χ0n) is 29.1. The standard InChI is InChI=1S/C46H54O3/c47-42-24-22-36(23-25-42)43-29-34-15-11-20-41(28-34)46(27-26-39-30-37-18-7-8-19-38(37)31-40(39)32-46)44(45(48)49)21-10-9-17-35(43)16-4-2-1-3-12-33-13-5-6-14-33/h5,7-11,13,15,18-20,22-25,28,30-31,33,35,39-40,43-44,47H,1-4,6,12,14,16-17,21,26-27,29,32H2,(H,48,49)/t33-,35-,39+,40-,43+,44-,46+/m0/s1. The van der Waals surface area contributed by atoms with Gasteiger partial charge in [-0.05, 0) is 133 Å². The number of allylic oxidation sites excluding steroid dienone is 4. The van der Waals surface area contributed by atoms with Crippen LogP contribution in [-0.4, -0.2) is 16.2 Å². The first-order valence-corrected chi connectivity index (χ1v) is 19.2. The van der Waals surface area contributed by atoms with Gasteiger partial charge in [0.2, 0.25) is 0 Å². The quantitative estimate of drug-likeness (QED) is 0.178. The molecule has 0 aliphatic heterocycles. The molecule has 0 heterocycles. The van der Waals surface area contributed by atoms with Gasteiger partial charge in [0.15, 0.2) is 0 Å². The number of rotatable bonds is 9. The zero-order chi connectivity index (χ0) is 33.6. The molecule has 49 heavy (non-hydrogen) atoms. The van der Waals surface area contributed by atoms with E-state index in [0.717, 1.165) is 44.4 Å². The molecule has 4 aliphatic rings. The fourth-order valence-corrected chi connectivity index (χ4v) is 9.95. The maximum atomic E-state index is 13.3. The Hall–Kier alpha value is -3.85. The van der Waals surface area contributed by atoms with Crippen molar-refractivity contribution in [1.29, 1.82) is 0 Å². The summed E-state index contributed by atoms with van der Waals surface area (Å²) in [5, 5.41) is 23.7. The molecule has 4 aliphatic carbocycles. The minimum absolute atomic E-state index is 0.309. The van der Waals surface area contributed by atoms with E-state index < -0.39 is 17.3 Å². The van der Waals surface area contributed by atoms with Crippen molar-refractivity contribution >= 4 is 18.1 Å². The van der Waals surface area contributed by atoms with Crippen LogP contribution >= 0.6 is 0 Å². The van der Waals surface area contributed by atoms with Crippen molar-refractivity contribution in [3.8, 4) is 5.75 Å². The van der Waals surface area contributed by atoms with Crippen molar-refractivity contribution in [2.24, 2.45) is 29.6 Å².